The summed E-state index contributed by atoms with van der Waals surface area (Å²) in [7, 11) is 0. The van der Waals surface area contributed by atoms with Gasteiger partial charge in [-0.3, -0.25) is 4.79 Å². The van der Waals surface area contributed by atoms with Gasteiger partial charge in [-0.1, -0.05) is 6.07 Å². The predicted octanol–water partition coefficient (Wildman–Crippen LogP) is 2.92. The van der Waals surface area contributed by atoms with E-state index in [2.05, 4.69) is 5.32 Å². The number of hydrogen-bond donors (Lipinski definition) is 2. The first kappa shape index (κ1) is 14.3. The maximum Gasteiger partial charge on any atom is 0.263 e. The molecule has 4 nitrogen and oxygen atoms in total. The summed E-state index contributed by atoms with van der Waals surface area (Å²) in [5.41, 5.74) is 5.83. The Kier molecular flexibility index (Phi) is 3.59. The van der Waals surface area contributed by atoms with Crippen LogP contribution in [-0.2, 0) is 4.74 Å². The molecule has 1 aliphatic rings. The summed E-state index contributed by atoms with van der Waals surface area (Å²) in [5, 5.41) is 3.18. The molecule has 0 spiro atoms. The summed E-state index contributed by atoms with van der Waals surface area (Å²) >= 11 is 1.21. The van der Waals surface area contributed by atoms with Gasteiger partial charge in [0, 0.05) is 17.9 Å². The van der Waals surface area contributed by atoms with Gasteiger partial charge < -0.3 is 15.8 Å². The number of amides is 1. The Bertz CT molecular complexity index is 692. The second kappa shape index (κ2) is 5.27. The smallest absolute Gasteiger partial charge is 0.263 e. The van der Waals surface area contributed by atoms with E-state index in [0.29, 0.717) is 21.5 Å². The van der Waals surface area contributed by atoms with E-state index < -0.39 is 5.82 Å². The maximum atomic E-state index is 13.8. The third-order valence-corrected chi connectivity index (χ3v) is 5.00. The number of carbonyl (C=O) groups is 1. The van der Waals surface area contributed by atoms with Crippen molar-refractivity contribution in [2.24, 2.45) is 0 Å². The SMILES string of the molecule is CC1(CNC(=O)c2sc3cccc(F)c3c2N)CCCO1. The van der Waals surface area contributed by atoms with Crippen LogP contribution in [0.1, 0.15) is 29.4 Å². The molecule has 2 heterocycles. The standard InChI is InChI=1S/C15H17FN2O2S/c1-15(6-3-7-20-15)8-18-14(19)13-12(17)11-9(16)4-2-5-10(11)21-13/h2,4-5H,3,6-8,17H2,1H3,(H,18,19). The van der Waals surface area contributed by atoms with Crippen molar-refractivity contribution in [1.29, 1.82) is 0 Å². The van der Waals surface area contributed by atoms with Crippen molar-refractivity contribution in [1.82, 2.24) is 5.32 Å². The van der Waals surface area contributed by atoms with Crippen molar-refractivity contribution in [3.63, 3.8) is 0 Å². The van der Waals surface area contributed by atoms with E-state index in [1.54, 1.807) is 12.1 Å². The van der Waals surface area contributed by atoms with Gasteiger partial charge in [-0.15, -0.1) is 11.3 Å². The van der Waals surface area contributed by atoms with Crippen LogP contribution in [0.3, 0.4) is 0 Å². The van der Waals surface area contributed by atoms with Gasteiger partial charge in [0.2, 0.25) is 0 Å². The van der Waals surface area contributed by atoms with E-state index in [0.717, 1.165) is 19.4 Å². The van der Waals surface area contributed by atoms with Crippen LogP contribution in [0.15, 0.2) is 18.2 Å². The van der Waals surface area contributed by atoms with Gasteiger partial charge in [-0.05, 0) is 31.9 Å². The highest BCUT2D eigenvalue weighted by Crippen LogP contribution is 2.35. The molecular weight excluding hydrogens is 291 g/mol. The van der Waals surface area contributed by atoms with Gasteiger partial charge in [-0.25, -0.2) is 4.39 Å². The molecule has 1 aromatic carbocycles. The average Bonchev–Trinajstić information content (AvgIpc) is 3.02. The molecule has 3 N–H and O–H groups in total. The Hall–Kier alpha value is -1.66. The van der Waals surface area contributed by atoms with Crippen molar-refractivity contribution in [2.45, 2.75) is 25.4 Å². The van der Waals surface area contributed by atoms with E-state index in [9.17, 15) is 9.18 Å². The van der Waals surface area contributed by atoms with Gasteiger partial charge >= 0.3 is 0 Å². The molecule has 3 rings (SSSR count). The Morgan fingerprint density at radius 2 is 2.38 bits per heavy atom. The van der Waals surface area contributed by atoms with Crippen LogP contribution < -0.4 is 11.1 Å². The first-order valence-corrected chi connectivity index (χ1v) is 7.70. The molecule has 1 saturated heterocycles. The number of nitrogens with one attached hydrogen (secondary N) is 1. The van der Waals surface area contributed by atoms with E-state index >= 15 is 0 Å². The normalized spacial score (nSPS) is 21.8. The van der Waals surface area contributed by atoms with Crippen molar-refractivity contribution in [2.75, 3.05) is 18.9 Å². The zero-order valence-electron chi connectivity index (χ0n) is 11.7. The van der Waals surface area contributed by atoms with Crippen LogP contribution in [0.2, 0.25) is 0 Å². The highest BCUT2D eigenvalue weighted by Gasteiger charge is 2.30. The number of benzene rings is 1. The van der Waals surface area contributed by atoms with Crippen molar-refractivity contribution in [3.8, 4) is 0 Å². The molecule has 2 aromatic rings. The summed E-state index contributed by atoms with van der Waals surface area (Å²) < 4.78 is 20.1. The molecule has 1 aromatic heterocycles. The Morgan fingerprint density at radius 1 is 1.57 bits per heavy atom. The number of anilines is 1. The molecule has 112 valence electrons. The summed E-state index contributed by atoms with van der Waals surface area (Å²) in [4.78, 5) is 12.6. The number of nitrogens with two attached hydrogens (primary N) is 1. The van der Waals surface area contributed by atoms with E-state index in [1.165, 1.54) is 17.4 Å². The van der Waals surface area contributed by atoms with Crippen molar-refractivity contribution < 1.29 is 13.9 Å². The molecule has 1 atom stereocenters. The first-order chi connectivity index (χ1) is 10.0. The minimum absolute atomic E-state index is 0.211. The van der Waals surface area contributed by atoms with Crippen LogP contribution in [0.4, 0.5) is 10.1 Å². The molecule has 6 heteroatoms. The summed E-state index contributed by atoms with van der Waals surface area (Å²) in [6.07, 6.45) is 1.92. The molecule has 1 amide bonds. The Labute approximate surface area is 126 Å². The zero-order chi connectivity index (χ0) is 15.0. The molecular formula is C15H17FN2O2S. The molecule has 1 aliphatic heterocycles. The summed E-state index contributed by atoms with van der Waals surface area (Å²) in [5.74, 6) is -0.670. The molecule has 0 bridgehead atoms. The average molecular weight is 308 g/mol. The fourth-order valence-electron chi connectivity index (χ4n) is 2.62. The van der Waals surface area contributed by atoms with Gasteiger partial charge in [0.15, 0.2) is 0 Å². The number of halogens is 1. The molecule has 0 aliphatic carbocycles. The summed E-state index contributed by atoms with van der Waals surface area (Å²) in [6.45, 7) is 3.14. The number of nitrogen functional groups attached to an aromatic ring is 1. The van der Waals surface area contributed by atoms with Crippen LogP contribution in [-0.4, -0.2) is 24.7 Å². The maximum absolute atomic E-state index is 13.8. The number of rotatable bonds is 3. The topological polar surface area (TPSA) is 64.4 Å². The van der Waals surface area contributed by atoms with Gasteiger partial charge in [0.25, 0.3) is 5.91 Å². The number of ether oxygens (including phenoxy) is 1. The van der Waals surface area contributed by atoms with E-state index in [-0.39, 0.29) is 17.2 Å². The van der Waals surface area contributed by atoms with Gasteiger partial charge in [0.1, 0.15) is 10.7 Å². The van der Waals surface area contributed by atoms with Crippen LogP contribution in [0, 0.1) is 5.82 Å². The molecule has 0 saturated carbocycles. The lowest BCUT2D eigenvalue weighted by Crippen LogP contribution is -2.40. The van der Waals surface area contributed by atoms with E-state index in [1.807, 2.05) is 6.92 Å². The highest BCUT2D eigenvalue weighted by molar-refractivity contribution is 7.21. The van der Waals surface area contributed by atoms with Crippen LogP contribution >= 0.6 is 11.3 Å². The van der Waals surface area contributed by atoms with Gasteiger partial charge in [0.05, 0.1) is 16.7 Å². The van der Waals surface area contributed by atoms with Crippen molar-refractivity contribution >= 4 is 33.0 Å². The van der Waals surface area contributed by atoms with Crippen molar-refractivity contribution in [3.05, 3.63) is 28.9 Å². The first-order valence-electron chi connectivity index (χ1n) is 6.89. The Morgan fingerprint density at radius 3 is 3.05 bits per heavy atom. The third-order valence-electron chi connectivity index (χ3n) is 3.83. The lowest BCUT2D eigenvalue weighted by molar-refractivity contribution is 0.0206. The minimum Gasteiger partial charge on any atom is -0.397 e. The van der Waals surface area contributed by atoms with Crippen LogP contribution in [0.5, 0.6) is 0 Å². The fraction of sp³-hybridized carbons (Fsp3) is 0.400. The lowest BCUT2D eigenvalue weighted by atomic mass is 10.0. The quantitative estimate of drug-likeness (QED) is 0.916. The van der Waals surface area contributed by atoms with Gasteiger partial charge in [-0.2, -0.15) is 0 Å². The predicted molar refractivity (Wildman–Crippen MR) is 82.1 cm³/mol. The highest BCUT2D eigenvalue weighted by atomic mass is 32.1. The lowest BCUT2D eigenvalue weighted by Gasteiger charge is -2.23. The largest absolute Gasteiger partial charge is 0.397 e. The minimum atomic E-state index is -0.397. The molecule has 21 heavy (non-hydrogen) atoms. The summed E-state index contributed by atoms with van der Waals surface area (Å²) in [6, 6.07) is 4.72. The van der Waals surface area contributed by atoms with E-state index in [4.69, 9.17) is 10.5 Å². The molecule has 1 unspecified atom stereocenters. The zero-order valence-corrected chi connectivity index (χ0v) is 12.6. The van der Waals surface area contributed by atoms with Crippen LogP contribution in [0.25, 0.3) is 10.1 Å². The Balaban J connectivity index is 1.82. The second-order valence-electron chi connectivity index (χ2n) is 5.54. The number of carbonyl (C=O) groups excluding carboxylic acids is 1. The second-order valence-corrected chi connectivity index (χ2v) is 6.59. The number of thiophene rings is 1. The third kappa shape index (κ3) is 2.61. The monoisotopic (exact) mass is 308 g/mol. The fourth-order valence-corrected chi connectivity index (χ4v) is 3.67. The molecule has 1 fully saturated rings. The molecule has 0 radical (unpaired) electrons. The number of fused-ring (bicyclic) bond motifs is 1. The number of hydrogen-bond acceptors (Lipinski definition) is 4.